The molecule has 1 N–H and O–H groups in total. The zero-order chi connectivity index (χ0) is 25.5. The van der Waals surface area contributed by atoms with Crippen LogP contribution in [0.25, 0.3) is 0 Å². The number of aliphatic hydroxyl groups is 1. The first-order valence-corrected chi connectivity index (χ1v) is 15.2. The molecule has 9 atom stereocenters. The van der Waals surface area contributed by atoms with Crippen LogP contribution in [-0.4, -0.2) is 58.4 Å². The van der Waals surface area contributed by atoms with E-state index in [9.17, 15) is 14.7 Å². The van der Waals surface area contributed by atoms with Gasteiger partial charge in [0, 0.05) is 29.1 Å². The SMILES string of the molecule is CSCC(=O)[C@@]12O[C@H](C3CCCCC3)O[C@@H]1C[C@H]1[C@@H]3CC=C4CC(=O)C=C[C@]4(C)[C@@]3(F)[C@@H](O)C[C@@]12C. The molecule has 1 saturated heterocycles. The zero-order valence-corrected chi connectivity index (χ0v) is 22.5. The molecule has 0 bridgehead atoms. The van der Waals surface area contributed by atoms with E-state index in [4.69, 9.17) is 9.47 Å². The summed E-state index contributed by atoms with van der Waals surface area (Å²) in [7, 11) is 0. The van der Waals surface area contributed by atoms with Crippen molar-refractivity contribution in [3.05, 3.63) is 23.8 Å². The number of carbonyl (C=O) groups is 2. The van der Waals surface area contributed by atoms with Crippen LogP contribution in [0.3, 0.4) is 0 Å². The highest BCUT2D eigenvalue weighted by atomic mass is 32.2. The number of alkyl halides is 1. The molecule has 7 heteroatoms. The number of halogens is 1. The molecule has 0 amide bonds. The molecule has 4 fully saturated rings. The fourth-order valence-electron chi connectivity index (χ4n) is 9.24. The van der Waals surface area contributed by atoms with E-state index in [1.807, 2.05) is 26.2 Å². The van der Waals surface area contributed by atoms with Crippen LogP contribution < -0.4 is 0 Å². The number of allylic oxidation sites excluding steroid dienone is 4. The van der Waals surface area contributed by atoms with E-state index in [0.29, 0.717) is 18.6 Å². The molecule has 6 aliphatic rings. The molecule has 0 aromatic carbocycles. The number of carbonyl (C=O) groups excluding carboxylic acids is 2. The molecule has 5 aliphatic carbocycles. The number of ketones is 2. The van der Waals surface area contributed by atoms with E-state index in [1.165, 1.54) is 24.3 Å². The van der Waals surface area contributed by atoms with Crippen LogP contribution in [0, 0.1) is 28.6 Å². The van der Waals surface area contributed by atoms with Crippen molar-refractivity contribution in [1.82, 2.24) is 0 Å². The van der Waals surface area contributed by atoms with E-state index in [2.05, 4.69) is 0 Å². The van der Waals surface area contributed by atoms with Gasteiger partial charge in [0.05, 0.1) is 18.0 Å². The summed E-state index contributed by atoms with van der Waals surface area (Å²) < 4.78 is 30.9. The van der Waals surface area contributed by atoms with Gasteiger partial charge in [0.1, 0.15) is 0 Å². The van der Waals surface area contributed by atoms with Crippen LogP contribution in [0.5, 0.6) is 0 Å². The summed E-state index contributed by atoms with van der Waals surface area (Å²) in [5.74, 6) is -0.0689. The minimum Gasteiger partial charge on any atom is -0.390 e. The number of Topliss-reactive ketones (excluding diaryl/α,β-unsaturated/α-hetero) is 1. The Hall–Kier alpha value is -1.02. The smallest absolute Gasteiger partial charge is 0.177 e. The lowest BCUT2D eigenvalue weighted by Gasteiger charge is -2.62. The topological polar surface area (TPSA) is 72.8 Å². The Labute approximate surface area is 217 Å². The standard InChI is InChI=1S/C29H39FO5S/c1-26-12-11-19(31)13-18(26)9-10-20-21-14-24-29(23(33)16-36-3,27(21,2)15-22(32)28(20,26)30)35-25(34-24)17-7-5-4-6-8-17/h9,11-12,17,20-22,24-25,32H,4-8,10,13-16H2,1-3H3/t20-,21-,22-,24+,25+,26-,27-,28-,29+/m0/s1. The summed E-state index contributed by atoms with van der Waals surface area (Å²) >= 11 is 1.48. The van der Waals surface area contributed by atoms with Gasteiger partial charge in [-0.3, -0.25) is 9.59 Å². The number of rotatable bonds is 4. The van der Waals surface area contributed by atoms with Crippen LogP contribution in [-0.2, 0) is 19.1 Å². The molecule has 0 aromatic heterocycles. The Morgan fingerprint density at radius 2 is 1.97 bits per heavy atom. The summed E-state index contributed by atoms with van der Waals surface area (Å²) in [4.78, 5) is 26.1. The van der Waals surface area contributed by atoms with Gasteiger partial charge in [0.15, 0.2) is 29.1 Å². The first-order chi connectivity index (χ1) is 17.1. The Bertz CT molecular complexity index is 1020. The molecule has 36 heavy (non-hydrogen) atoms. The molecule has 1 heterocycles. The zero-order valence-electron chi connectivity index (χ0n) is 21.6. The van der Waals surface area contributed by atoms with Crippen molar-refractivity contribution in [1.29, 1.82) is 0 Å². The van der Waals surface area contributed by atoms with E-state index >= 15 is 4.39 Å². The number of ether oxygens (including phenoxy) is 2. The lowest BCUT2D eigenvalue weighted by molar-refractivity contribution is -0.231. The second-order valence-electron chi connectivity index (χ2n) is 12.6. The van der Waals surface area contributed by atoms with Crippen LogP contribution in [0.4, 0.5) is 4.39 Å². The average Bonchev–Trinajstić information content (AvgIpc) is 3.35. The van der Waals surface area contributed by atoms with Crippen molar-refractivity contribution in [3.8, 4) is 0 Å². The molecule has 6 rings (SSSR count). The highest BCUT2D eigenvalue weighted by Gasteiger charge is 2.79. The third-order valence-corrected chi connectivity index (χ3v) is 11.6. The lowest BCUT2D eigenvalue weighted by atomic mass is 9.45. The fourth-order valence-corrected chi connectivity index (χ4v) is 9.72. The summed E-state index contributed by atoms with van der Waals surface area (Å²) in [5.41, 5.74) is -4.07. The van der Waals surface area contributed by atoms with Gasteiger partial charge in [-0.05, 0) is 57.3 Å². The number of hydrogen-bond acceptors (Lipinski definition) is 6. The Balaban J connectivity index is 1.41. The summed E-state index contributed by atoms with van der Waals surface area (Å²) in [6, 6.07) is 0. The third kappa shape index (κ3) is 3.06. The molecule has 3 saturated carbocycles. The maximum atomic E-state index is 17.5. The molecule has 5 nitrogen and oxygen atoms in total. The van der Waals surface area contributed by atoms with Gasteiger partial charge in [-0.1, -0.05) is 43.9 Å². The molecule has 0 unspecified atom stereocenters. The van der Waals surface area contributed by atoms with Crippen molar-refractivity contribution in [2.24, 2.45) is 28.6 Å². The number of fused-ring (bicyclic) bond motifs is 7. The van der Waals surface area contributed by atoms with Crippen LogP contribution in [0.1, 0.15) is 71.6 Å². The van der Waals surface area contributed by atoms with Gasteiger partial charge >= 0.3 is 0 Å². The van der Waals surface area contributed by atoms with Crippen LogP contribution in [0.2, 0.25) is 0 Å². The predicted molar refractivity (Wildman–Crippen MR) is 136 cm³/mol. The van der Waals surface area contributed by atoms with E-state index in [-0.39, 0.29) is 36.2 Å². The molecule has 0 spiro atoms. The Morgan fingerprint density at radius 1 is 1.22 bits per heavy atom. The maximum absolute atomic E-state index is 17.5. The summed E-state index contributed by atoms with van der Waals surface area (Å²) in [5, 5.41) is 11.7. The number of thioether (sulfide) groups is 1. The van der Waals surface area contributed by atoms with E-state index < -0.39 is 46.5 Å². The van der Waals surface area contributed by atoms with Crippen molar-refractivity contribution in [3.63, 3.8) is 0 Å². The quantitative estimate of drug-likeness (QED) is 0.531. The molecule has 0 radical (unpaired) electrons. The van der Waals surface area contributed by atoms with Gasteiger partial charge in [0.25, 0.3) is 0 Å². The fraction of sp³-hybridized carbons (Fsp3) is 0.793. The predicted octanol–water partition coefficient (Wildman–Crippen LogP) is 4.96. The molecule has 1 aliphatic heterocycles. The minimum atomic E-state index is -1.91. The molecular weight excluding hydrogens is 479 g/mol. The van der Waals surface area contributed by atoms with E-state index in [1.54, 1.807) is 6.08 Å². The average molecular weight is 519 g/mol. The normalized spacial score (nSPS) is 50.2. The van der Waals surface area contributed by atoms with Crippen molar-refractivity contribution >= 4 is 23.3 Å². The summed E-state index contributed by atoms with van der Waals surface area (Å²) in [6.07, 6.45) is 12.0. The second-order valence-corrected chi connectivity index (χ2v) is 13.5. The Morgan fingerprint density at radius 3 is 2.69 bits per heavy atom. The van der Waals surface area contributed by atoms with E-state index in [0.717, 1.165) is 31.3 Å². The first-order valence-electron chi connectivity index (χ1n) is 13.8. The van der Waals surface area contributed by atoms with Crippen molar-refractivity contribution in [2.75, 3.05) is 12.0 Å². The Kier molecular flexibility index (Phi) is 5.96. The highest BCUT2D eigenvalue weighted by molar-refractivity contribution is 7.99. The number of aliphatic hydroxyl groups excluding tert-OH is 1. The molecule has 198 valence electrons. The lowest BCUT2D eigenvalue weighted by Crippen LogP contribution is -2.69. The van der Waals surface area contributed by atoms with Gasteiger partial charge in [-0.2, -0.15) is 11.8 Å². The maximum Gasteiger partial charge on any atom is 0.177 e. The van der Waals surface area contributed by atoms with Crippen molar-refractivity contribution < 1.29 is 28.6 Å². The van der Waals surface area contributed by atoms with Gasteiger partial charge in [0.2, 0.25) is 0 Å². The first kappa shape index (κ1) is 25.3. The van der Waals surface area contributed by atoms with Gasteiger partial charge < -0.3 is 14.6 Å². The molecular formula is C29H39FO5S. The largest absolute Gasteiger partial charge is 0.390 e. The van der Waals surface area contributed by atoms with Crippen LogP contribution in [0.15, 0.2) is 23.8 Å². The van der Waals surface area contributed by atoms with Crippen molar-refractivity contribution in [2.45, 2.75) is 101 Å². The highest BCUT2D eigenvalue weighted by Crippen LogP contribution is 2.71. The number of hydrogen-bond donors (Lipinski definition) is 1. The van der Waals surface area contributed by atoms with Crippen LogP contribution >= 0.6 is 11.8 Å². The second kappa shape index (κ2) is 8.49. The molecule has 0 aromatic rings. The minimum absolute atomic E-state index is 0.0169. The third-order valence-electron chi connectivity index (χ3n) is 11.1. The monoisotopic (exact) mass is 518 g/mol. The summed E-state index contributed by atoms with van der Waals surface area (Å²) in [6.45, 7) is 3.88. The van der Waals surface area contributed by atoms with Gasteiger partial charge in [-0.25, -0.2) is 4.39 Å². The van der Waals surface area contributed by atoms with Gasteiger partial charge in [-0.15, -0.1) is 0 Å².